The fourth-order valence-electron chi connectivity index (χ4n) is 3.29. The fraction of sp³-hybridized carbons (Fsp3) is 0.353. The van der Waals surface area contributed by atoms with Crippen LogP contribution in [0.25, 0.3) is 0 Å². The van der Waals surface area contributed by atoms with Crippen LogP contribution in [0.5, 0.6) is 0 Å². The van der Waals surface area contributed by atoms with Crippen LogP contribution in [0.15, 0.2) is 26.3 Å². The number of amides is 2. The Kier molecular flexibility index (Phi) is 7.40. The molecule has 0 bridgehead atoms. The minimum absolute atomic E-state index is 0.0110. The number of nitrogens with two attached hydrogens (primary N) is 1. The molecule has 4 heterocycles. The maximum Gasteiger partial charge on any atom is 0.353 e. The molecule has 4 rings (SSSR count). The van der Waals surface area contributed by atoms with Gasteiger partial charge in [-0.3, -0.25) is 19.3 Å². The lowest BCUT2D eigenvalue weighted by atomic mass is 10.0. The summed E-state index contributed by atoms with van der Waals surface area (Å²) in [5, 5.41) is 37.3. The van der Waals surface area contributed by atoms with E-state index in [9.17, 15) is 24.3 Å². The fourth-order valence-corrected chi connectivity index (χ4v) is 6.29. The average molecular weight is 556 g/mol. The molecule has 0 aliphatic carbocycles. The number of carboxylic acid groups (broad SMARTS) is 2. The zero-order valence-corrected chi connectivity index (χ0v) is 20.7. The number of thioether (sulfide) groups is 2. The van der Waals surface area contributed by atoms with Crippen LogP contribution in [-0.2, 0) is 30.6 Å². The summed E-state index contributed by atoms with van der Waals surface area (Å²) in [5.74, 6) is -3.57. The van der Waals surface area contributed by atoms with Crippen molar-refractivity contribution in [1.82, 2.24) is 35.4 Å². The van der Waals surface area contributed by atoms with E-state index in [0.717, 1.165) is 28.0 Å². The van der Waals surface area contributed by atoms with Gasteiger partial charge in [-0.1, -0.05) is 5.16 Å². The number of hydrogen-bond donors (Lipinski definition) is 4. The lowest BCUT2D eigenvalue weighted by Crippen LogP contribution is -2.71. The summed E-state index contributed by atoms with van der Waals surface area (Å²) < 4.78 is 1.24. The molecule has 0 aromatic carbocycles. The first-order chi connectivity index (χ1) is 17.2. The SMILES string of the molecule is CON=C(C(=O)N[C@@H]1C(=O)N2C(C(=O)O)=C(Sc3nnnn3CCC(=O)O)CS[C@H]12)c1csc(N)n1. The number of carbonyl (C=O) groups excluding carboxylic acids is 2. The highest BCUT2D eigenvalue weighted by Gasteiger charge is 2.54. The van der Waals surface area contributed by atoms with Crippen LogP contribution in [0.2, 0.25) is 0 Å². The van der Waals surface area contributed by atoms with Gasteiger partial charge in [0.05, 0.1) is 13.0 Å². The molecule has 0 saturated carbocycles. The van der Waals surface area contributed by atoms with Gasteiger partial charge < -0.3 is 26.1 Å². The van der Waals surface area contributed by atoms with Crippen molar-refractivity contribution >= 4 is 69.5 Å². The van der Waals surface area contributed by atoms with Gasteiger partial charge in [0, 0.05) is 16.0 Å². The quantitative estimate of drug-likeness (QED) is 0.157. The lowest BCUT2D eigenvalue weighted by molar-refractivity contribution is -0.150. The van der Waals surface area contributed by atoms with Crippen LogP contribution in [0, 0.1) is 0 Å². The molecule has 2 atom stereocenters. The number of nitrogens with zero attached hydrogens (tertiary/aromatic N) is 7. The highest BCUT2D eigenvalue weighted by atomic mass is 32.2. The van der Waals surface area contributed by atoms with E-state index in [-0.39, 0.29) is 46.1 Å². The summed E-state index contributed by atoms with van der Waals surface area (Å²) in [5.41, 5.74) is 5.34. The molecular weight excluding hydrogens is 538 g/mol. The lowest BCUT2D eigenvalue weighted by Gasteiger charge is -2.49. The first kappa shape index (κ1) is 25.4. The van der Waals surface area contributed by atoms with Gasteiger partial charge in [-0.05, 0) is 22.2 Å². The van der Waals surface area contributed by atoms with Crippen LogP contribution in [0.1, 0.15) is 12.1 Å². The number of nitrogens with one attached hydrogen (secondary N) is 1. The number of aryl methyl sites for hydroxylation is 1. The number of β-lactam (4-membered cyclic amide) rings is 1. The van der Waals surface area contributed by atoms with Gasteiger partial charge >= 0.3 is 11.9 Å². The summed E-state index contributed by atoms with van der Waals surface area (Å²) in [6, 6.07) is -1.01. The number of thiazole rings is 1. The maximum absolute atomic E-state index is 12.9. The third kappa shape index (κ3) is 4.97. The average Bonchev–Trinajstić information content (AvgIpc) is 3.47. The van der Waals surface area contributed by atoms with E-state index < -0.39 is 35.2 Å². The van der Waals surface area contributed by atoms with Crippen molar-refractivity contribution in [3.05, 3.63) is 21.7 Å². The Balaban J connectivity index is 1.51. The van der Waals surface area contributed by atoms with Crippen molar-refractivity contribution < 1.29 is 34.2 Å². The molecular formula is C17H17N9O7S3. The molecule has 0 unspecified atom stereocenters. The van der Waals surface area contributed by atoms with Crippen molar-refractivity contribution in [2.24, 2.45) is 5.16 Å². The third-order valence-corrected chi connectivity index (χ3v) is 8.03. The zero-order valence-electron chi connectivity index (χ0n) is 18.2. The number of carboxylic acids is 2. The van der Waals surface area contributed by atoms with Gasteiger partial charge in [0.2, 0.25) is 5.16 Å². The largest absolute Gasteiger partial charge is 0.481 e. The van der Waals surface area contributed by atoms with Crippen LogP contribution in [0.3, 0.4) is 0 Å². The molecule has 5 N–H and O–H groups in total. The highest BCUT2D eigenvalue weighted by Crippen LogP contribution is 2.44. The summed E-state index contributed by atoms with van der Waals surface area (Å²) in [6.45, 7) is -0.0110. The molecule has 2 aromatic heterocycles. The second-order valence-electron chi connectivity index (χ2n) is 7.06. The molecule has 2 aliphatic heterocycles. The van der Waals surface area contributed by atoms with Crippen molar-refractivity contribution in [2.45, 2.75) is 29.5 Å². The van der Waals surface area contributed by atoms with E-state index in [1.54, 1.807) is 0 Å². The summed E-state index contributed by atoms with van der Waals surface area (Å²) in [4.78, 5) is 58.8. The molecule has 1 fully saturated rings. The predicted molar refractivity (Wildman–Crippen MR) is 126 cm³/mol. The summed E-state index contributed by atoms with van der Waals surface area (Å²) in [6.07, 6.45) is -0.228. The Hall–Kier alpha value is -3.71. The maximum atomic E-state index is 12.9. The van der Waals surface area contributed by atoms with Crippen LogP contribution in [-0.4, -0.2) is 94.0 Å². The molecule has 19 heteroatoms. The number of rotatable bonds is 10. The second-order valence-corrected chi connectivity index (χ2v) is 10.1. The van der Waals surface area contributed by atoms with Crippen molar-refractivity contribution in [3.63, 3.8) is 0 Å². The number of anilines is 1. The Labute approximate surface area is 213 Å². The van der Waals surface area contributed by atoms with E-state index in [2.05, 4.69) is 31.0 Å². The Morgan fingerprint density at radius 1 is 1.39 bits per heavy atom. The van der Waals surface area contributed by atoms with E-state index >= 15 is 0 Å². The normalized spacial score (nSPS) is 19.5. The van der Waals surface area contributed by atoms with E-state index in [1.165, 1.54) is 28.9 Å². The highest BCUT2D eigenvalue weighted by molar-refractivity contribution is 8.06. The number of tetrazole rings is 1. The monoisotopic (exact) mass is 555 g/mol. The molecule has 2 aliphatic rings. The van der Waals surface area contributed by atoms with Crippen LogP contribution in [0.4, 0.5) is 5.13 Å². The van der Waals surface area contributed by atoms with Crippen molar-refractivity contribution in [3.8, 4) is 0 Å². The number of fused-ring (bicyclic) bond motifs is 1. The van der Waals surface area contributed by atoms with E-state index in [4.69, 9.17) is 15.7 Å². The van der Waals surface area contributed by atoms with E-state index in [1.807, 2.05) is 0 Å². The predicted octanol–water partition coefficient (Wildman–Crippen LogP) is -0.975. The number of aliphatic carboxylic acids is 2. The number of aromatic nitrogens is 5. The molecule has 36 heavy (non-hydrogen) atoms. The van der Waals surface area contributed by atoms with Crippen molar-refractivity contribution in [1.29, 1.82) is 0 Å². The standard InChI is InChI=1S/C17H17N9O7S3/c1-33-22-9(6-4-35-16(18)19-6)12(29)20-10-13(30)26-11(15(31)32)7(5-34-14(10)26)36-17-21-23-24-25(17)3-2-8(27)28/h4,10,14H,2-3,5H2,1H3,(H2,18,19)(H,20,29)(H,27,28)(H,31,32)/t10-,14-/m1/s1. The first-order valence-corrected chi connectivity index (χ1v) is 12.7. The number of carbonyl (C=O) groups is 4. The van der Waals surface area contributed by atoms with Gasteiger partial charge in [0.15, 0.2) is 10.8 Å². The smallest absolute Gasteiger partial charge is 0.353 e. The molecule has 2 aromatic rings. The molecule has 190 valence electrons. The molecule has 0 radical (unpaired) electrons. The van der Waals surface area contributed by atoms with E-state index in [0.29, 0.717) is 4.91 Å². The molecule has 16 nitrogen and oxygen atoms in total. The van der Waals surface area contributed by atoms with Gasteiger partial charge in [-0.25, -0.2) is 14.5 Å². The third-order valence-electron chi connectivity index (χ3n) is 4.84. The van der Waals surface area contributed by atoms with Crippen molar-refractivity contribution in [2.75, 3.05) is 18.6 Å². The van der Waals surface area contributed by atoms with Gasteiger partial charge in [-0.2, -0.15) is 0 Å². The summed E-state index contributed by atoms with van der Waals surface area (Å²) >= 11 is 3.26. The molecule has 0 spiro atoms. The zero-order chi connectivity index (χ0) is 26.0. The van der Waals surface area contributed by atoms with Gasteiger partial charge in [0.25, 0.3) is 11.8 Å². The topological polar surface area (TPSA) is 228 Å². The Morgan fingerprint density at radius 2 is 2.17 bits per heavy atom. The van der Waals surface area contributed by atoms with Crippen LogP contribution < -0.4 is 11.1 Å². The second kappa shape index (κ2) is 10.5. The molecule has 2 amide bonds. The number of oxime groups is 1. The number of hydrogen-bond acceptors (Lipinski definition) is 14. The summed E-state index contributed by atoms with van der Waals surface area (Å²) in [7, 11) is 1.25. The Bertz CT molecular complexity index is 1290. The van der Waals surface area contributed by atoms with Gasteiger partial charge in [0.1, 0.15) is 29.9 Å². The first-order valence-electron chi connectivity index (χ1n) is 9.91. The minimum Gasteiger partial charge on any atom is -0.481 e. The minimum atomic E-state index is -1.34. The number of nitrogen functional groups attached to an aromatic ring is 1. The van der Waals surface area contributed by atoms with Gasteiger partial charge in [-0.15, -0.1) is 28.2 Å². The molecule has 1 saturated heterocycles. The van der Waals surface area contributed by atoms with Crippen LogP contribution >= 0.6 is 34.9 Å². The Morgan fingerprint density at radius 3 is 2.81 bits per heavy atom.